The fourth-order valence-electron chi connectivity index (χ4n) is 1.48. The van der Waals surface area contributed by atoms with Crippen molar-refractivity contribution in [2.45, 2.75) is 24.4 Å². The van der Waals surface area contributed by atoms with Crippen molar-refractivity contribution in [3.63, 3.8) is 0 Å². The first-order chi connectivity index (χ1) is 9.47. The molecule has 7 nitrogen and oxygen atoms in total. The van der Waals surface area contributed by atoms with Crippen LogP contribution in [0.3, 0.4) is 0 Å². The molecule has 20 heavy (non-hydrogen) atoms. The van der Waals surface area contributed by atoms with E-state index >= 15 is 0 Å². The molecule has 7 heteroatoms. The van der Waals surface area contributed by atoms with Gasteiger partial charge < -0.3 is 30.3 Å². The number of hydrogen-bond donors (Lipinski definition) is 5. The molecule has 0 aliphatic rings. The summed E-state index contributed by atoms with van der Waals surface area (Å²) in [5.74, 6) is -0.686. The normalized spacial score (nSPS) is 17.1. The number of ether oxygens (including phenoxy) is 1. The second-order valence-electron chi connectivity index (χ2n) is 4.26. The summed E-state index contributed by atoms with van der Waals surface area (Å²) in [6, 6.07) is 8.06. The second-order valence-corrected chi connectivity index (χ2v) is 4.26. The van der Waals surface area contributed by atoms with Gasteiger partial charge in [0.15, 0.2) is 0 Å². The molecule has 1 rings (SSSR count). The first-order valence-electron chi connectivity index (χ1n) is 6.02. The molecular weight excluding hydrogens is 268 g/mol. The van der Waals surface area contributed by atoms with Crippen molar-refractivity contribution in [3.8, 4) is 0 Å². The maximum atomic E-state index is 11.6. The number of rotatable bonds is 7. The topological polar surface area (TPSA) is 127 Å². The Morgan fingerprint density at radius 2 is 1.55 bits per heavy atom. The van der Waals surface area contributed by atoms with Crippen LogP contribution in [0.25, 0.3) is 0 Å². The highest BCUT2D eigenvalue weighted by molar-refractivity contribution is 5.89. The third kappa shape index (κ3) is 4.55. The molecule has 0 aliphatic carbocycles. The van der Waals surface area contributed by atoms with Crippen LogP contribution in [-0.2, 0) is 4.74 Å². The van der Waals surface area contributed by atoms with E-state index in [2.05, 4.69) is 0 Å². The Bertz CT molecular complexity index is 408. The molecule has 0 aromatic heterocycles. The van der Waals surface area contributed by atoms with E-state index in [1.165, 1.54) is 12.1 Å². The lowest BCUT2D eigenvalue weighted by Crippen LogP contribution is -2.47. The minimum Gasteiger partial charge on any atom is -0.459 e. The minimum absolute atomic E-state index is 0.283. The SMILES string of the molecule is O=C(OC[C@H](O)[C@@H](O)[C@H](O)[C@H](O)CO)c1ccccc1. The Labute approximate surface area is 115 Å². The molecule has 0 fully saturated rings. The van der Waals surface area contributed by atoms with E-state index in [9.17, 15) is 20.1 Å². The van der Waals surface area contributed by atoms with Crippen molar-refractivity contribution in [2.24, 2.45) is 0 Å². The predicted octanol–water partition coefficient (Wildman–Crippen LogP) is -1.72. The van der Waals surface area contributed by atoms with Gasteiger partial charge in [-0.3, -0.25) is 0 Å². The molecule has 0 unspecified atom stereocenters. The maximum absolute atomic E-state index is 11.6. The lowest BCUT2D eigenvalue weighted by molar-refractivity contribution is -0.124. The van der Waals surface area contributed by atoms with Gasteiger partial charge in [-0.25, -0.2) is 4.79 Å². The van der Waals surface area contributed by atoms with Gasteiger partial charge >= 0.3 is 5.97 Å². The number of carbonyl (C=O) groups excluding carboxylic acids is 1. The molecule has 0 saturated heterocycles. The third-order valence-electron chi connectivity index (χ3n) is 2.72. The van der Waals surface area contributed by atoms with Gasteiger partial charge in [-0.2, -0.15) is 0 Å². The van der Waals surface area contributed by atoms with E-state index in [-0.39, 0.29) is 5.56 Å². The summed E-state index contributed by atoms with van der Waals surface area (Å²) in [5, 5.41) is 46.2. The minimum atomic E-state index is -1.75. The predicted molar refractivity (Wildman–Crippen MR) is 67.8 cm³/mol. The molecule has 4 atom stereocenters. The van der Waals surface area contributed by atoms with Gasteiger partial charge in [0.1, 0.15) is 31.0 Å². The van der Waals surface area contributed by atoms with Crippen molar-refractivity contribution >= 4 is 5.97 Å². The molecular formula is C13H18O7. The highest BCUT2D eigenvalue weighted by Crippen LogP contribution is 2.07. The Balaban J connectivity index is 2.47. The third-order valence-corrected chi connectivity index (χ3v) is 2.72. The zero-order valence-corrected chi connectivity index (χ0v) is 10.7. The van der Waals surface area contributed by atoms with Crippen LogP contribution in [0.5, 0.6) is 0 Å². The quantitative estimate of drug-likeness (QED) is 0.377. The van der Waals surface area contributed by atoms with Gasteiger partial charge in [0.25, 0.3) is 0 Å². The van der Waals surface area contributed by atoms with Gasteiger partial charge in [-0.05, 0) is 12.1 Å². The highest BCUT2D eigenvalue weighted by atomic mass is 16.5. The van der Waals surface area contributed by atoms with Crippen molar-refractivity contribution in [3.05, 3.63) is 35.9 Å². The van der Waals surface area contributed by atoms with E-state index in [4.69, 9.17) is 14.9 Å². The van der Waals surface area contributed by atoms with Gasteiger partial charge in [0.2, 0.25) is 0 Å². The first kappa shape index (κ1) is 16.5. The summed E-state index contributed by atoms with van der Waals surface area (Å²) >= 11 is 0. The van der Waals surface area contributed by atoms with Gasteiger partial charge in [-0.15, -0.1) is 0 Å². The number of hydrogen-bond acceptors (Lipinski definition) is 7. The van der Waals surface area contributed by atoms with E-state index in [1.54, 1.807) is 18.2 Å². The van der Waals surface area contributed by atoms with Crippen LogP contribution in [0.4, 0.5) is 0 Å². The average Bonchev–Trinajstić information content (AvgIpc) is 2.50. The Morgan fingerprint density at radius 3 is 2.10 bits per heavy atom. The molecule has 0 heterocycles. The lowest BCUT2D eigenvalue weighted by Gasteiger charge is -2.25. The maximum Gasteiger partial charge on any atom is 0.338 e. The van der Waals surface area contributed by atoms with Gasteiger partial charge in [0.05, 0.1) is 12.2 Å². The number of carbonyl (C=O) groups is 1. The van der Waals surface area contributed by atoms with Crippen LogP contribution in [-0.4, -0.2) is 69.1 Å². The summed E-state index contributed by atoms with van der Waals surface area (Å²) in [5.41, 5.74) is 0.283. The number of aliphatic hydroxyl groups excluding tert-OH is 5. The summed E-state index contributed by atoms with van der Waals surface area (Å²) < 4.78 is 4.77. The summed E-state index contributed by atoms with van der Waals surface area (Å²) in [6.45, 7) is -1.32. The lowest BCUT2D eigenvalue weighted by atomic mass is 10.0. The van der Waals surface area contributed by atoms with Crippen molar-refractivity contribution in [1.29, 1.82) is 0 Å². The van der Waals surface area contributed by atoms with Gasteiger partial charge in [0, 0.05) is 0 Å². The summed E-state index contributed by atoms with van der Waals surface area (Å²) in [7, 11) is 0. The fraction of sp³-hybridized carbons (Fsp3) is 0.462. The van der Waals surface area contributed by atoms with Crippen LogP contribution < -0.4 is 0 Å². The molecule has 0 amide bonds. The summed E-state index contributed by atoms with van der Waals surface area (Å²) in [4.78, 5) is 11.6. The second kappa shape index (κ2) is 7.93. The zero-order chi connectivity index (χ0) is 15.1. The number of esters is 1. The van der Waals surface area contributed by atoms with Crippen molar-refractivity contribution < 1.29 is 35.1 Å². The van der Waals surface area contributed by atoms with E-state index in [1.807, 2.05) is 0 Å². The van der Waals surface area contributed by atoms with Crippen LogP contribution >= 0.6 is 0 Å². The monoisotopic (exact) mass is 286 g/mol. The average molecular weight is 286 g/mol. The van der Waals surface area contributed by atoms with Crippen LogP contribution in [0.2, 0.25) is 0 Å². The Kier molecular flexibility index (Phi) is 6.56. The molecule has 5 N–H and O–H groups in total. The fourth-order valence-corrected chi connectivity index (χ4v) is 1.48. The molecule has 0 radical (unpaired) electrons. The molecule has 0 bridgehead atoms. The van der Waals surface area contributed by atoms with Crippen LogP contribution in [0.15, 0.2) is 30.3 Å². The van der Waals surface area contributed by atoms with E-state index in [0.717, 1.165) is 0 Å². The first-order valence-corrected chi connectivity index (χ1v) is 6.02. The molecule has 0 saturated carbocycles. The Hall–Kier alpha value is -1.51. The molecule has 1 aromatic carbocycles. The van der Waals surface area contributed by atoms with Crippen LogP contribution in [0, 0.1) is 0 Å². The smallest absolute Gasteiger partial charge is 0.338 e. The molecule has 0 aliphatic heterocycles. The van der Waals surface area contributed by atoms with E-state index < -0.39 is 43.6 Å². The zero-order valence-electron chi connectivity index (χ0n) is 10.7. The van der Waals surface area contributed by atoms with Crippen LogP contribution in [0.1, 0.15) is 10.4 Å². The van der Waals surface area contributed by atoms with Crippen molar-refractivity contribution in [2.75, 3.05) is 13.2 Å². The number of aliphatic hydroxyl groups is 5. The molecule has 1 aromatic rings. The molecule has 0 spiro atoms. The largest absolute Gasteiger partial charge is 0.459 e. The van der Waals surface area contributed by atoms with E-state index in [0.29, 0.717) is 0 Å². The summed E-state index contributed by atoms with van der Waals surface area (Å²) in [6.07, 6.45) is -6.67. The number of benzene rings is 1. The highest BCUT2D eigenvalue weighted by Gasteiger charge is 2.30. The van der Waals surface area contributed by atoms with Crippen molar-refractivity contribution in [1.82, 2.24) is 0 Å². The molecule has 112 valence electrons. The standard InChI is InChI=1S/C13H18O7/c14-6-9(15)11(17)12(18)10(16)7-20-13(19)8-4-2-1-3-5-8/h1-5,9-12,14-18H,6-7H2/t9-,10+,11-,12-/m1/s1. The Morgan fingerprint density at radius 1 is 1.00 bits per heavy atom. The van der Waals surface area contributed by atoms with Gasteiger partial charge in [-0.1, -0.05) is 18.2 Å².